The minimum atomic E-state index is -0.362. The number of methoxy groups -OCH3 is 1. The van der Waals surface area contributed by atoms with E-state index in [4.69, 9.17) is 14.9 Å². The molecule has 3 atom stereocenters. The molecule has 0 aliphatic rings. The zero-order chi connectivity index (χ0) is 19.6. The molecule has 1 amide bonds. The molecule has 5 heteroatoms. The number of carbonyl (C=O) groups is 1. The lowest BCUT2D eigenvalue weighted by molar-refractivity contribution is -0.125. The van der Waals surface area contributed by atoms with Crippen molar-refractivity contribution in [3.8, 4) is 5.75 Å². The summed E-state index contributed by atoms with van der Waals surface area (Å²) in [6.07, 6.45) is 0. The van der Waals surface area contributed by atoms with Crippen LogP contribution in [0.1, 0.15) is 42.8 Å². The number of carbonyl (C=O) groups excluding carboxylic acids is 1. The summed E-state index contributed by atoms with van der Waals surface area (Å²) < 4.78 is 11.3. The molecule has 0 bridgehead atoms. The molecule has 142 valence electrons. The van der Waals surface area contributed by atoms with Gasteiger partial charge in [-0.3, -0.25) is 4.79 Å². The maximum Gasteiger partial charge on any atom is 0.225 e. The molecule has 0 radical (unpaired) electrons. The second-order valence-corrected chi connectivity index (χ2v) is 6.91. The number of benzene rings is 2. The summed E-state index contributed by atoms with van der Waals surface area (Å²) >= 11 is 0. The zero-order valence-electron chi connectivity index (χ0n) is 16.2. The second-order valence-electron chi connectivity index (χ2n) is 6.91. The Morgan fingerprint density at radius 1 is 1.15 bits per heavy atom. The molecule has 0 fully saturated rings. The number of rotatable bonds is 6. The molecule has 5 nitrogen and oxygen atoms in total. The maximum absolute atomic E-state index is 12.7. The Kier molecular flexibility index (Phi) is 5.51. The van der Waals surface area contributed by atoms with E-state index in [0.29, 0.717) is 0 Å². The number of nitrogens with one attached hydrogen (secondary N) is 1. The Bertz CT molecular complexity index is 933. The van der Waals surface area contributed by atoms with Crippen molar-refractivity contribution < 1.29 is 13.9 Å². The Hall–Kier alpha value is -2.79. The third kappa shape index (κ3) is 3.83. The molecule has 3 aromatic rings. The van der Waals surface area contributed by atoms with Gasteiger partial charge in [-0.1, -0.05) is 37.3 Å². The molecule has 3 rings (SSSR count). The lowest BCUT2D eigenvalue weighted by atomic mass is 9.94. The number of amides is 1. The van der Waals surface area contributed by atoms with Gasteiger partial charge in [-0.15, -0.1) is 0 Å². The van der Waals surface area contributed by atoms with Crippen LogP contribution in [0.15, 0.2) is 52.9 Å². The number of aryl methyl sites for hydroxylation is 1. The summed E-state index contributed by atoms with van der Waals surface area (Å²) in [4.78, 5) is 12.7. The third-order valence-electron chi connectivity index (χ3n) is 5.07. The van der Waals surface area contributed by atoms with E-state index >= 15 is 0 Å². The lowest BCUT2D eigenvalue weighted by Gasteiger charge is -2.22. The van der Waals surface area contributed by atoms with Gasteiger partial charge in [0.1, 0.15) is 17.1 Å². The summed E-state index contributed by atoms with van der Waals surface area (Å²) in [5.41, 5.74) is 9.00. The Morgan fingerprint density at radius 2 is 1.85 bits per heavy atom. The van der Waals surface area contributed by atoms with Gasteiger partial charge in [0.2, 0.25) is 5.91 Å². The van der Waals surface area contributed by atoms with E-state index in [-0.39, 0.29) is 23.9 Å². The van der Waals surface area contributed by atoms with Gasteiger partial charge in [-0.25, -0.2) is 0 Å². The Balaban J connectivity index is 1.76. The first-order valence-electron chi connectivity index (χ1n) is 9.10. The molecule has 0 aliphatic heterocycles. The largest absolute Gasteiger partial charge is 0.497 e. The first-order valence-corrected chi connectivity index (χ1v) is 9.10. The van der Waals surface area contributed by atoms with E-state index < -0.39 is 0 Å². The van der Waals surface area contributed by atoms with Crippen molar-refractivity contribution in [1.82, 2.24) is 5.32 Å². The smallest absolute Gasteiger partial charge is 0.225 e. The Morgan fingerprint density at radius 3 is 2.52 bits per heavy atom. The molecule has 3 N–H and O–H groups in total. The number of hydrogen-bond acceptors (Lipinski definition) is 4. The molecule has 3 unspecified atom stereocenters. The molecule has 0 saturated heterocycles. The van der Waals surface area contributed by atoms with Crippen LogP contribution in [0.4, 0.5) is 0 Å². The molecule has 0 aliphatic carbocycles. The summed E-state index contributed by atoms with van der Waals surface area (Å²) in [6.45, 7) is 5.75. The highest BCUT2D eigenvalue weighted by molar-refractivity contribution is 5.84. The van der Waals surface area contributed by atoms with Crippen LogP contribution in [0.3, 0.4) is 0 Å². The normalized spacial score (nSPS) is 14.6. The number of ether oxygens (including phenoxy) is 1. The van der Waals surface area contributed by atoms with Crippen LogP contribution in [-0.4, -0.2) is 13.0 Å². The first-order chi connectivity index (χ1) is 12.9. The molecule has 27 heavy (non-hydrogen) atoms. The maximum atomic E-state index is 12.7. The summed E-state index contributed by atoms with van der Waals surface area (Å²) in [7, 11) is 1.64. The van der Waals surface area contributed by atoms with E-state index in [2.05, 4.69) is 5.32 Å². The van der Waals surface area contributed by atoms with Crippen molar-refractivity contribution in [3.05, 3.63) is 65.4 Å². The number of furan rings is 1. The van der Waals surface area contributed by atoms with E-state index in [1.54, 1.807) is 7.11 Å². The van der Waals surface area contributed by atoms with Crippen LogP contribution >= 0.6 is 0 Å². The quantitative estimate of drug-likeness (QED) is 0.683. The summed E-state index contributed by atoms with van der Waals surface area (Å²) in [6, 6.07) is 14.7. The average Bonchev–Trinajstić information content (AvgIpc) is 3.03. The van der Waals surface area contributed by atoms with Gasteiger partial charge in [0.25, 0.3) is 0 Å². The van der Waals surface area contributed by atoms with E-state index in [0.717, 1.165) is 33.6 Å². The standard InChI is InChI=1S/C22H26N2O3/c1-13-18-12-17(26-4)10-11-19(18)27-21(13)15(3)24-22(25)14(2)20(23)16-8-6-5-7-9-16/h5-12,14-15,20H,23H2,1-4H3,(H,24,25). The highest BCUT2D eigenvalue weighted by atomic mass is 16.5. The van der Waals surface area contributed by atoms with Gasteiger partial charge < -0.3 is 20.2 Å². The third-order valence-corrected chi connectivity index (χ3v) is 5.07. The highest BCUT2D eigenvalue weighted by Crippen LogP contribution is 2.32. The average molecular weight is 366 g/mol. The molecule has 0 spiro atoms. The SMILES string of the molecule is COc1ccc2oc(C(C)NC(=O)C(C)C(N)c3ccccc3)c(C)c2c1. The van der Waals surface area contributed by atoms with Gasteiger partial charge >= 0.3 is 0 Å². The topological polar surface area (TPSA) is 77.5 Å². The highest BCUT2D eigenvalue weighted by Gasteiger charge is 2.25. The van der Waals surface area contributed by atoms with Crippen molar-refractivity contribution >= 4 is 16.9 Å². The predicted molar refractivity (Wildman–Crippen MR) is 107 cm³/mol. The van der Waals surface area contributed by atoms with Crippen LogP contribution in [-0.2, 0) is 4.79 Å². The van der Waals surface area contributed by atoms with Gasteiger partial charge in [0, 0.05) is 17.0 Å². The molecule has 0 saturated carbocycles. The van der Waals surface area contributed by atoms with Crippen molar-refractivity contribution in [3.63, 3.8) is 0 Å². The van der Waals surface area contributed by atoms with Gasteiger partial charge in [-0.05, 0) is 37.6 Å². The zero-order valence-corrected chi connectivity index (χ0v) is 16.2. The van der Waals surface area contributed by atoms with E-state index in [1.807, 2.05) is 69.3 Å². The Labute approximate surface area is 159 Å². The van der Waals surface area contributed by atoms with Crippen molar-refractivity contribution in [2.45, 2.75) is 32.9 Å². The number of fused-ring (bicyclic) bond motifs is 1. The lowest BCUT2D eigenvalue weighted by Crippen LogP contribution is -2.37. The molecule has 1 aromatic heterocycles. The monoisotopic (exact) mass is 366 g/mol. The van der Waals surface area contributed by atoms with Crippen LogP contribution in [0, 0.1) is 12.8 Å². The number of hydrogen-bond donors (Lipinski definition) is 2. The molecular weight excluding hydrogens is 340 g/mol. The fourth-order valence-corrected chi connectivity index (χ4v) is 3.30. The first kappa shape index (κ1) is 19.0. The number of nitrogens with two attached hydrogens (primary N) is 1. The van der Waals surface area contributed by atoms with Gasteiger partial charge in [0.15, 0.2) is 0 Å². The van der Waals surface area contributed by atoms with Crippen LogP contribution in [0.5, 0.6) is 5.75 Å². The second kappa shape index (κ2) is 7.84. The molecule has 2 aromatic carbocycles. The fourth-order valence-electron chi connectivity index (χ4n) is 3.30. The minimum Gasteiger partial charge on any atom is -0.497 e. The van der Waals surface area contributed by atoms with Gasteiger partial charge in [0.05, 0.1) is 19.1 Å². The minimum absolute atomic E-state index is 0.101. The van der Waals surface area contributed by atoms with Crippen LogP contribution < -0.4 is 15.8 Å². The summed E-state index contributed by atoms with van der Waals surface area (Å²) in [5.74, 6) is 1.06. The van der Waals surface area contributed by atoms with E-state index in [1.165, 1.54) is 0 Å². The van der Waals surface area contributed by atoms with Crippen molar-refractivity contribution in [2.75, 3.05) is 7.11 Å². The van der Waals surface area contributed by atoms with Crippen molar-refractivity contribution in [1.29, 1.82) is 0 Å². The summed E-state index contributed by atoms with van der Waals surface area (Å²) in [5, 5.41) is 4.02. The van der Waals surface area contributed by atoms with Crippen molar-refractivity contribution in [2.24, 2.45) is 11.7 Å². The predicted octanol–water partition coefficient (Wildman–Crippen LogP) is 4.26. The fraction of sp³-hybridized carbons (Fsp3) is 0.318. The van der Waals surface area contributed by atoms with Crippen LogP contribution in [0.2, 0.25) is 0 Å². The van der Waals surface area contributed by atoms with Crippen LogP contribution in [0.25, 0.3) is 11.0 Å². The van der Waals surface area contributed by atoms with Gasteiger partial charge in [-0.2, -0.15) is 0 Å². The molecule has 1 heterocycles. The molecular formula is C22H26N2O3. The van der Waals surface area contributed by atoms with E-state index in [9.17, 15) is 4.79 Å².